The van der Waals surface area contributed by atoms with E-state index in [-0.39, 0.29) is 5.91 Å². The molecule has 0 aromatic heterocycles. The highest BCUT2D eigenvalue weighted by molar-refractivity contribution is 5.94. The molecule has 4 heteroatoms. The first-order valence-corrected chi connectivity index (χ1v) is 8.99. The van der Waals surface area contributed by atoms with E-state index in [0.29, 0.717) is 11.6 Å². The summed E-state index contributed by atoms with van der Waals surface area (Å²) in [6.45, 7) is 4.32. The highest BCUT2D eigenvalue weighted by Crippen LogP contribution is 2.24. The zero-order valence-corrected chi connectivity index (χ0v) is 14.9. The molecule has 3 rings (SSSR count). The van der Waals surface area contributed by atoms with Gasteiger partial charge >= 0.3 is 0 Å². The molecule has 1 aliphatic carbocycles. The fraction of sp³-hybridized carbons (Fsp3) is 0.381. The Morgan fingerprint density at radius 2 is 1.40 bits per heavy atom. The molecule has 0 spiro atoms. The lowest BCUT2D eigenvalue weighted by molar-refractivity contribution is 0.0923. The van der Waals surface area contributed by atoms with Gasteiger partial charge in [0.1, 0.15) is 0 Å². The second-order valence-corrected chi connectivity index (χ2v) is 7.01. The van der Waals surface area contributed by atoms with Gasteiger partial charge in [-0.15, -0.1) is 0 Å². The number of aryl methyl sites for hydroxylation is 1. The van der Waals surface area contributed by atoms with Gasteiger partial charge in [0, 0.05) is 11.6 Å². The van der Waals surface area contributed by atoms with E-state index in [4.69, 9.17) is 0 Å². The molecule has 25 heavy (non-hydrogen) atoms. The second-order valence-electron chi connectivity index (χ2n) is 7.01. The lowest BCUT2D eigenvalue weighted by atomic mass is 9.87. The average molecular weight is 335 g/mol. The van der Waals surface area contributed by atoms with Crippen molar-refractivity contribution in [2.24, 2.45) is 16.1 Å². The largest absolute Gasteiger partial charge is 0.349 e. The van der Waals surface area contributed by atoms with Crippen molar-refractivity contribution in [3.05, 3.63) is 59.7 Å². The molecule has 0 unspecified atom stereocenters. The number of amides is 1. The minimum absolute atomic E-state index is 0.00146. The van der Waals surface area contributed by atoms with Crippen LogP contribution in [0.25, 0.3) is 0 Å². The van der Waals surface area contributed by atoms with Crippen molar-refractivity contribution in [3.63, 3.8) is 0 Å². The van der Waals surface area contributed by atoms with E-state index in [0.717, 1.165) is 30.1 Å². The van der Waals surface area contributed by atoms with Gasteiger partial charge in [-0.1, -0.05) is 24.6 Å². The van der Waals surface area contributed by atoms with Crippen LogP contribution in [0.3, 0.4) is 0 Å². The quantitative estimate of drug-likeness (QED) is 0.714. The van der Waals surface area contributed by atoms with E-state index in [1.165, 1.54) is 18.4 Å². The summed E-state index contributed by atoms with van der Waals surface area (Å²) in [4.78, 5) is 12.4. The lowest BCUT2D eigenvalue weighted by Crippen LogP contribution is -2.37. The van der Waals surface area contributed by atoms with Gasteiger partial charge < -0.3 is 5.32 Å². The standard InChI is InChI=1S/C21H25N3O/c1-15-3-9-18(10-4-15)22-21(25)17-7-13-20(14-8-17)24-23-19-11-5-16(2)6-12-19/h5-8,11-15,18H,3-4,9-10H2,1-2H3,(H,22,25). The summed E-state index contributed by atoms with van der Waals surface area (Å²) in [6.07, 6.45) is 4.55. The number of azo groups is 1. The van der Waals surface area contributed by atoms with Crippen molar-refractivity contribution in [2.75, 3.05) is 0 Å². The third-order valence-electron chi connectivity index (χ3n) is 4.80. The van der Waals surface area contributed by atoms with Gasteiger partial charge in [-0.2, -0.15) is 10.2 Å². The van der Waals surface area contributed by atoms with E-state index in [9.17, 15) is 4.79 Å². The van der Waals surface area contributed by atoms with E-state index >= 15 is 0 Å². The molecule has 0 bridgehead atoms. The van der Waals surface area contributed by atoms with Gasteiger partial charge in [-0.05, 0) is 74.9 Å². The molecule has 0 heterocycles. The second kappa shape index (κ2) is 8.06. The maximum absolute atomic E-state index is 12.4. The van der Waals surface area contributed by atoms with Gasteiger partial charge in [-0.3, -0.25) is 4.79 Å². The van der Waals surface area contributed by atoms with E-state index in [1.54, 1.807) is 0 Å². The first kappa shape index (κ1) is 17.3. The SMILES string of the molecule is Cc1ccc(N=Nc2ccc(C(=O)NC3CCC(C)CC3)cc2)cc1. The van der Waals surface area contributed by atoms with Crippen LogP contribution in [-0.4, -0.2) is 11.9 Å². The number of nitrogens with zero attached hydrogens (tertiary/aromatic N) is 2. The molecule has 1 amide bonds. The Morgan fingerprint density at radius 1 is 0.880 bits per heavy atom. The molecule has 1 fully saturated rings. The summed E-state index contributed by atoms with van der Waals surface area (Å²) in [5.74, 6) is 0.785. The number of rotatable bonds is 4. The van der Waals surface area contributed by atoms with Gasteiger partial charge in [0.2, 0.25) is 0 Å². The van der Waals surface area contributed by atoms with Crippen LogP contribution in [0.2, 0.25) is 0 Å². The summed E-state index contributed by atoms with van der Waals surface area (Å²) in [5, 5.41) is 11.6. The first-order chi connectivity index (χ1) is 12.1. The topological polar surface area (TPSA) is 53.8 Å². The Hall–Kier alpha value is -2.49. The zero-order valence-electron chi connectivity index (χ0n) is 14.9. The van der Waals surface area contributed by atoms with Crippen molar-refractivity contribution in [1.82, 2.24) is 5.32 Å². The monoisotopic (exact) mass is 335 g/mol. The van der Waals surface area contributed by atoms with Gasteiger partial charge in [-0.25, -0.2) is 0 Å². The van der Waals surface area contributed by atoms with Crippen LogP contribution in [0, 0.1) is 12.8 Å². The van der Waals surface area contributed by atoms with E-state index in [1.807, 2.05) is 55.5 Å². The third-order valence-corrected chi connectivity index (χ3v) is 4.80. The number of hydrogen-bond donors (Lipinski definition) is 1. The normalized spacial score (nSPS) is 20.6. The highest BCUT2D eigenvalue weighted by atomic mass is 16.1. The molecule has 0 radical (unpaired) electrons. The fourth-order valence-electron chi connectivity index (χ4n) is 3.08. The molecule has 1 aliphatic rings. The fourth-order valence-corrected chi connectivity index (χ4v) is 3.08. The van der Waals surface area contributed by atoms with E-state index < -0.39 is 0 Å². The van der Waals surface area contributed by atoms with E-state index in [2.05, 4.69) is 22.5 Å². The third kappa shape index (κ3) is 4.99. The van der Waals surface area contributed by atoms with Crippen LogP contribution in [0.1, 0.15) is 48.5 Å². The molecule has 2 aromatic rings. The number of benzene rings is 2. The van der Waals surface area contributed by atoms with Crippen LogP contribution in [0.4, 0.5) is 11.4 Å². The van der Waals surface area contributed by atoms with Crippen LogP contribution in [0.15, 0.2) is 58.8 Å². The van der Waals surface area contributed by atoms with Crippen LogP contribution in [-0.2, 0) is 0 Å². The molecule has 0 atom stereocenters. The Kier molecular flexibility index (Phi) is 5.59. The summed E-state index contributed by atoms with van der Waals surface area (Å²) in [6, 6.07) is 15.5. The molecule has 2 aromatic carbocycles. The Labute approximate surface area is 149 Å². The van der Waals surface area contributed by atoms with Crippen molar-refractivity contribution in [2.45, 2.75) is 45.6 Å². The number of hydrogen-bond acceptors (Lipinski definition) is 3. The number of carbonyl (C=O) groups excluding carboxylic acids is 1. The van der Waals surface area contributed by atoms with Crippen LogP contribution in [0.5, 0.6) is 0 Å². The van der Waals surface area contributed by atoms with Crippen LogP contribution >= 0.6 is 0 Å². The molecule has 4 nitrogen and oxygen atoms in total. The molecule has 0 aliphatic heterocycles. The minimum Gasteiger partial charge on any atom is -0.349 e. The van der Waals surface area contributed by atoms with Crippen molar-refractivity contribution < 1.29 is 4.79 Å². The first-order valence-electron chi connectivity index (χ1n) is 8.99. The maximum Gasteiger partial charge on any atom is 0.251 e. The predicted octanol–water partition coefficient (Wildman–Crippen LogP) is 5.72. The van der Waals surface area contributed by atoms with Crippen LogP contribution < -0.4 is 5.32 Å². The zero-order chi connectivity index (χ0) is 17.6. The van der Waals surface area contributed by atoms with Crippen molar-refractivity contribution in [1.29, 1.82) is 0 Å². The van der Waals surface area contributed by atoms with Gasteiger partial charge in [0.05, 0.1) is 11.4 Å². The summed E-state index contributed by atoms with van der Waals surface area (Å²) < 4.78 is 0. The Balaban J connectivity index is 1.57. The Bertz CT molecular complexity index is 727. The average Bonchev–Trinajstić information content (AvgIpc) is 2.63. The predicted molar refractivity (Wildman–Crippen MR) is 101 cm³/mol. The molecule has 130 valence electrons. The summed E-state index contributed by atoms with van der Waals surface area (Å²) in [7, 11) is 0. The molecular formula is C21H25N3O. The summed E-state index contributed by atoms with van der Waals surface area (Å²) in [5.41, 5.74) is 3.43. The summed E-state index contributed by atoms with van der Waals surface area (Å²) >= 11 is 0. The maximum atomic E-state index is 12.4. The molecule has 0 saturated heterocycles. The number of nitrogens with one attached hydrogen (secondary N) is 1. The van der Waals surface area contributed by atoms with Gasteiger partial charge in [0.15, 0.2) is 0 Å². The smallest absolute Gasteiger partial charge is 0.251 e. The molecule has 1 saturated carbocycles. The molecular weight excluding hydrogens is 310 g/mol. The number of carbonyl (C=O) groups is 1. The highest BCUT2D eigenvalue weighted by Gasteiger charge is 2.20. The van der Waals surface area contributed by atoms with Crippen molar-refractivity contribution >= 4 is 17.3 Å². The minimum atomic E-state index is 0.00146. The van der Waals surface area contributed by atoms with Gasteiger partial charge in [0.25, 0.3) is 5.91 Å². The Morgan fingerprint density at radius 3 is 1.96 bits per heavy atom. The molecule has 1 N–H and O–H groups in total. The van der Waals surface area contributed by atoms with Crippen molar-refractivity contribution in [3.8, 4) is 0 Å². The lowest BCUT2D eigenvalue weighted by Gasteiger charge is -2.26.